The van der Waals surface area contributed by atoms with Gasteiger partial charge in [0.2, 0.25) is 10.0 Å². The molecule has 0 atom stereocenters. The highest BCUT2D eigenvalue weighted by atomic mass is 32.2. The van der Waals surface area contributed by atoms with Crippen molar-refractivity contribution in [3.8, 4) is 11.1 Å². The molecule has 0 spiro atoms. The van der Waals surface area contributed by atoms with Crippen molar-refractivity contribution in [1.29, 1.82) is 0 Å². The summed E-state index contributed by atoms with van der Waals surface area (Å²) >= 11 is 1.42. The molecule has 0 saturated heterocycles. The lowest BCUT2D eigenvalue weighted by Gasteiger charge is -2.13. The number of aryl methyl sites for hydroxylation is 1. The molecule has 2 aromatic heterocycles. The fraction of sp³-hybridized carbons (Fsp3) is 0.150. The van der Waals surface area contributed by atoms with E-state index in [1.165, 1.54) is 11.3 Å². The van der Waals surface area contributed by atoms with Crippen LogP contribution in [0.2, 0.25) is 6.32 Å². The van der Waals surface area contributed by atoms with E-state index in [4.69, 9.17) is 0 Å². The summed E-state index contributed by atoms with van der Waals surface area (Å²) in [6, 6.07) is 12.8. The Morgan fingerprint density at radius 1 is 1.11 bits per heavy atom. The van der Waals surface area contributed by atoms with Gasteiger partial charge in [0.1, 0.15) is 12.5 Å². The van der Waals surface area contributed by atoms with Crippen LogP contribution in [0.4, 0.5) is 0 Å². The predicted octanol–water partition coefficient (Wildman–Crippen LogP) is 3.05. The number of pyridine rings is 1. The molecule has 0 bridgehead atoms. The van der Waals surface area contributed by atoms with Gasteiger partial charge in [-0.3, -0.25) is 4.79 Å². The van der Waals surface area contributed by atoms with Crippen molar-refractivity contribution in [2.24, 2.45) is 0 Å². The average molecular weight is 410 g/mol. The molecule has 142 valence electrons. The van der Waals surface area contributed by atoms with E-state index < -0.39 is 10.0 Å². The minimum absolute atomic E-state index is 0.0873. The van der Waals surface area contributed by atoms with E-state index in [1.807, 2.05) is 50.5 Å². The van der Waals surface area contributed by atoms with Gasteiger partial charge >= 0.3 is 0 Å². The van der Waals surface area contributed by atoms with Crippen LogP contribution in [0.25, 0.3) is 32.1 Å². The van der Waals surface area contributed by atoms with Gasteiger partial charge in [0.05, 0.1) is 4.90 Å². The normalized spacial score (nSPS) is 12.0. The standard InChI is InChI=1S/C20H19BN2O3S2/c1-12-2-7-16-18(15-8-11-27-19(15)20(24)23-16)17(12)13-3-5-14(6-4-13)28(25,26)22-10-9-21/h2-8,11,22H,9-10,21H2,1H3,(H,23,24). The predicted molar refractivity (Wildman–Crippen MR) is 119 cm³/mol. The summed E-state index contributed by atoms with van der Waals surface area (Å²) in [4.78, 5) is 15.5. The summed E-state index contributed by atoms with van der Waals surface area (Å²) in [5.41, 5.74) is 3.67. The molecule has 28 heavy (non-hydrogen) atoms. The van der Waals surface area contributed by atoms with E-state index in [-0.39, 0.29) is 10.5 Å². The summed E-state index contributed by atoms with van der Waals surface area (Å²) in [5, 5.41) is 3.82. The minimum Gasteiger partial charge on any atom is -0.321 e. The first-order valence-electron chi connectivity index (χ1n) is 9.05. The van der Waals surface area contributed by atoms with E-state index in [1.54, 1.807) is 12.1 Å². The molecule has 0 saturated carbocycles. The van der Waals surface area contributed by atoms with Crippen molar-refractivity contribution in [2.45, 2.75) is 18.1 Å². The fourth-order valence-electron chi connectivity index (χ4n) is 3.44. The second-order valence-corrected chi connectivity index (χ2v) is 9.40. The third-order valence-corrected chi connectivity index (χ3v) is 7.19. The summed E-state index contributed by atoms with van der Waals surface area (Å²) in [5.74, 6) is 0. The maximum Gasteiger partial charge on any atom is 0.266 e. The molecule has 0 aliphatic heterocycles. The molecular weight excluding hydrogens is 391 g/mol. The van der Waals surface area contributed by atoms with Gasteiger partial charge in [-0.2, -0.15) is 0 Å². The first-order chi connectivity index (χ1) is 13.4. The molecule has 2 N–H and O–H groups in total. The highest BCUT2D eigenvalue weighted by Crippen LogP contribution is 2.36. The molecule has 2 heterocycles. The van der Waals surface area contributed by atoms with Crippen LogP contribution in [0, 0.1) is 6.92 Å². The Balaban J connectivity index is 1.91. The van der Waals surface area contributed by atoms with E-state index in [2.05, 4.69) is 9.71 Å². The van der Waals surface area contributed by atoms with Crippen molar-refractivity contribution in [2.75, 3.05) is 6.54 Å². The number of hydrogen-bond acceptors (Lipinski definition) is 4. The molecule has 0 unspecified atom stereocenters. The first kappa shape index (κ1) is 18.9. The van der Waals surface area contributed by atoms with Crippen LogP contribution in [-0.4, -0.2) is 27.8 Å². The number of H-pyrrole nitrogens is 1. The third-order valence-electron chi connectivity index (χ3n) is 4.80. The van der Waals surface area contributed by atoms with E-state index in [0.717, 1.165) is 39.3 Å². The minimum atomic E-state index is -3.50. The number of aromatic amines is 1. The first-order valence-corrected chi connectivity index (χ1v) is 11.4. The Kier molecular flexibility index (Phi) is 4.87. The largest absolute Gasteiger partial charge is 0.321 e. The van der Waals surface area contributed by atoms with Crippen molar-refractivity contribution in [3.63, 3.8) is 0 Å². The maximum atomic E-state index is 12.3. The number of nitrogens with one attached hydrogen (secondary N) is 2. The lowest BCUT2D eigenvalue weighted by Crippen LogP contribution is -2.24. The molecule has 4 rings (SSSR count). The van der Waals surface area contributed by atoms with Crippen LogP contribution in [-0.2, 0) is 10.0 Å². The van der Waals surface area contributed by atoms with Crippen molar-refractivity contribution in [1.82, 2.24) is 9.71 Å². The lowest BCUT2D eigenvalue weighted by atomic mass is 9.94. The second kappa shape index (κ2) is 7.20. The van der Waals surface area contributed by atoms with Crippen LogP contribution < -0.4 is 10.3 Å². The van der Waals surface area contributed by atoms with Crippen LogP contribution in [0.3, 0.4) is 0 Å². The number of hydrogen-bond donors (Lipinski definition) is 2. The van der Waals surface area contributed by atoms with Gasteiger partial charge in [-0.05, 0) is 53.3 Å². The summed E-state index contributed by atoms with van der Waals surface area (Å²) in [6.07, 6.45) is 0.737. The molecule has 2 aromatic carbocycles. The summed E-state index contributed by atoms with van der Waals surface area (Å²) < 4.78 is 28.0. The van der Waals surface area contributed by atoms with E-state index in [0.29, 0.717) is 11.2 Å². The zero-order valence-corrected chi connectivity index (χ0v) is 17.2. The fourth-order valence-corrected chi connectivity index (χ4v) is 5.37. The maximum absolute atomic E-state index is 12.3. The molecule has 0 aliphatic carbocycles. The van der Waals surface area contributed by atoms with Gasteiger partial charge < -0.3 is 4.98 Å². The Hall–Kier alpha value is -2.42. The van der Waals surface area contributed by atoms with Gasteiger partial charge in [-0.1, -0.05) is 24.5 Å². The molecular formula is C20H19BN2O3S2. The van der Waals surface area contributed by atoms with Gasteiger partial charge in [-0.25, -0.2) is 13.1 Å². The number of sulfonamides is 1. The van der Waals surface area contributed by atoms with Gasteiger partial charge in [-0.15, -0.1) is 11.3 Å². The number of thiophene rings is 1. The smallest absolute Gasteiger partial charge is 0.266 e. The molecule has 8 heteroatoms. The van der Waals surface area contributed by atoms with Crippen molar-refractivity contribution >= 4 is 50.2 Å². The molecule has 4 aromatic rings. The SMILES string of the molecule is BCCNS(=O)(=O)c1ccc(-c2c(C)ccc3[nH]c(=O)c4sccc4c23)cc1. The second-order valence-electron chi connectivity index (χ2n) is 6.72. The summed E-state index contributed by atoms with van der Waals surface area (Å²) in [6.45, 7) is 2.43. The van der Waals surface area contributed by atoms with Crippen LogP contribution >= 0.6 is 11.3 Å². The summed E-state index contributed by atoms with van der Waals surface area (Å²) in [7, 11) is -1.58. The van der Waals surface area contributed by atoms with Gasteiger partial charge in [0.25, 0.3) is 5.56 Å². The lowest BCUT2D eigenvalue weighted by molar-refractivity contribution is 0.584. The molecule has 0 amide bonds. The number of fused-ring (bicyclic) bond motifs is 3. The molecule has 0 fully saturated rings. The number of rotatable bonds is 5. The number of aromatic nitrogens is 1. The van der Waals surface area contributed by atoms with Crippen LogP contribution in [0.5, 0.6) is 0 Å². The molecule has 0 radical (unpaired) electrons. The van der Waals surface area contributed by atoms with Gasteiger partial charge in [0.15, 0.2) is 0 Å². The topological polar surface area (TPSA) is 79.0 Å². The van der Waals surface area contributed by atoms with E-state index >= 15 is 0 Å². The monoisotopic (exact) mass is 410 g/mol. The van der Waals surface area contributed by atoms with E-state index in [9.17, 15) is 13.2 Å². The molecule has 5 nitrogen and oxygen atoms in total. The van der Waals surface area contributed by atoms with Gasteiger partial charge in [0, 0.05) is 22.8 Å². The zero-order valence-electron chi connectivity index (χ0n) is 15.6. The van der Waals surface area contributed by atoms with Crippen molar-refractivity contribution < 1.29 is 8.42 Å². The zero-order chi connectivity index (χ0) is 19.9. The Morgan fingerprint density at radius 3 is 2.57 bits per heavy atom. The Bertz CT molecular complexity index is 1340. The molecule has 0 aliphatic rings. The highest BCUT2D eigenvalue weighted by molar-refractivity contribution is 7.89. The van der Waals surface area contributed by atoms with Crippen LogP contribution in [0.15, 0.2) is 57.5 Å². The van der Waals surface area contributed by atoms with Crippen molar-refractivity contribution in [3.05, 3.63) is 63.8 Å². The average Bonchev–Trinajstić information content (AvgIpc) is 3.18. The quantitative estimate of drug-likeness (QED) is 0.497. The highest BCUT2D eigenvalue weighted by Gasteiger charge is 2.16. The number of benzene rings is 2. The van der Waals surface area contributed by atoms with Crippen LogP contribution in [0.1, 0.15) is 5.56 Å². The Labute approximate surface area is 167 Å². The third kappa shape index (κ3) is 3.17. The Morgan fingerprint density at radius 2 is 1.86 bits per heavy atom.